The second kappa shape index (κ2) is 8.21. The van der Waals surface area contributed by atoms with E-state index in [9.17, 15) is 4.79 Å². The Bertz CT molecular complexity index is 730. The molecule has 25 heavy (non-hydrogen) atoms. The maximum atomic E-state index is 10.9. The summed E-state index contributed by atoms with van der Waals surface area (Å²) in [6, 6.07) is 1.95. The van der Waals surface area contributed by atoms with Crippen LogP contribution in [0, 0.1) is 0 Å². The van der Waals surface area contributed by atoms with Gasteiger partial charge < -0.3 is 20.1 Å². The number of nitrogens with one attached hydrogen (secondary N) is 1. The number of hydrogen-bond acceptors (Lipinski definition) is 8. The van der Waals surface area contributed by atoms with E-state index in [1.165, 1.54) is 11.3 Å². The van der Waals surface area contributed by atoms with Crippen LogP contribution < -0.4 is 10.2 Å². The summed E-state index contributed by atoms with van der Waals surface area (Å²) in [5.74, 6) is 0.518. The zero-order chi connectivity index (χ0) is 17.6. The van der Waals surface area contributed by atoms with Gasteiger partial charge in [-0.2, -0.15) is 4.98 Å². The fraction of sp³-hybridized carbons (Fsp3) is 0.500. The molecule has 9 heteroatoms. The van der Waals surface area contributed by atoms with Crippen LogP contribution in [0.5, 0.6) is 0 Å². The van der Waals surface area contributed by atoms with Gasteiger partial charge in [0, 0.05) is 43.2 Å². The molecule has 1 aliphatic heterocycles. The van der Waals surface area contributed by atoms with Crippen LogP contribution in [0.25, 0.3) is 0 Å². The zero-order valence-electron chi connectivity index (χ0n) is 14.1. The van der Waals surface area contributed by atoms with Crippen molar-refractivity contribution in [3.63, 3.8) is 0 Å². The lowest BCUT2D eigenvalue weighted by atomic mass is 10.3. The van der Waals surface area contributed by atoms with Crippen molar-refractivity contribution in [3.8, 4) is 0 Å². The number of morpholine rings is 1. The first-order chi connectivity index (χ1) is 12.2. The van der Waals surface area contributed by atoms with E-state index in [0.29, 0.717) is 26.2 Å². The van der Waals surface area contributed by atoms with Gasteiger partial charge in [-0.15, -0.1) is 11.3 Å². The lowest BCUT2D eigenvalue weighted by Gasteiger charge is -2.27. The monoisotopic (exact) mass is 363 g/mol. The average molecular weight is 363 g/mol. The average Bonchev–Trinajstić information content (AvgIpc) is 3.11. The van der Waals surface area contributed by atoms with Crippen LogP contribution in [-0.2, 0) is 17.6 Å². The first-order valence-corrected chi connectivity index (χ1v) is 9.16. The van der Waals surface area contributed by atoms with E-state index in [0.717, 1.165) is 42.0 Å². The summed E-state index contributed by atoms with van der Waals surface area (Å²) >= 11 is 1.36. The summed E-state index contributed by atoms with van der Waals surface area (Å²) in [5, 5.41) is 14.6. The zero-order valence-corrected chi connectivity index (χ0v) is 14.9. The third-order valence-electron chi connectivity index (χ3n) is 3.84. The smallest absolute Gasteiger partial charge is 0.355 e. The Labute approximate surface area is 149 Å². The van der Waals surface area contributed by atoms with Crippen molar-refractivity contribution < 1.29 is 14.6 Å². The van der Waals surface area contributed by atoms with Gasteiger partial charge in [0.15, 0.2) is 5.69 Å². The molecule has 0 spiro atoms. The van der Waals surface area contributed by atoms with Gasteiger partial charge in [-0.05, 0) is 6.42 Å². The summed E-state index contributed by atoms with van der Waals surface area (Å²) in [4.78, 5) is 26.3. The molecule has 0 aliphatic carbocycles. The van der Waals surface area contributed by atoms with Crippen molar-refractivity contribution in [3.05, 3.63) is 27.8 Å². The highest BCUT2D eigenvalue weighted by Crippen LogP contribution is 2.16. The van der Waals surface area contributed by atoms with Gasteiger partial charge in [0.05, 0.1) is 18.2 Å². The Morgan fingerprint density at radius 3 is 2.84 bits per heavy atom. The fourth-order valence-electron chi connectivity index (χ4n) is 2.48. The van der Waals surface area contributed by atoms with Gasteiger partial charge in [-0.1, -0.05) is 6.92 Å². The Kier molecular flexibility index (Phi) is 5.77. The number of thiazole rings is 1. The Balaban J connectivity index is 1.63. The molecule has 0 aromatic carbocycles. The van der Waals surface area contributed by atoms with E-state index in [-0.39, 0.29) is 5.69 Å². The van der Waals surface area contributed by atoms with E-state index in [4.69, 9.17) is 9.84 Å². The highest BCUT2D eigenvalue weighted by atomic mass is 32.1. The van der Waals surface area contributed by atoms with Gasteiger partial charge in [0.25, 0.3) is 0 Å². The van der Waals surface area contributed by atoms with Crippen LogP contribution in [0.3, 0.4) is 0 Å². The number of carboxylic acid groups (broad SMARTS) is 1. The van der Waals surface area contributed by atoms with Gasteiger partial charge >= 0.3 is 5.97 Å². The Morgan fingerprint density at radius 1 is 1.36 bits per heavy atom. The van der Waals surface area contributed by atoms with E-state index in [1.54, 1.807) is 5.38 Å². The Morgan fingerprint density at radius 2 is 2.16 bits per heavy atom. The highest BCUT2D eigenvalue weighted by Gasteiger charge is 2.15. The molecule has 2 aromatic heterocycles. The molecule has 134 valence electrons. The molecule has 0 atom stereocenters. The Hall–Kier alpha value is -2.26. The normalized spacial score (nSPS) is 14.5. The maximum Gasteiger partial charge on any atom is 0.355 e. The minimum absolute atomic E-state index is 0.102. The first kappa shape index (κ1) is 17.6. The number of aromatic nitrogens is 3. The summed E-state index contributed by atoms with van der Waals surface area (Å²) < 4.78 is 5.38. The molecule has 3 rings (SSSR count). The first-order valence-electron chi connectivity index (χ1n) is 8.28. The predicted octanol–water partition coefficient (Wildman–Crippen LogP) is 1.68. The van der Waals surface area contributed by atoms with Crippen LogP contribution in [-0.4, -0.2) is 58.9 Å². The third-order valence-corrected chi connectivity index (χ3v) is 4.75. The highest BCUT2D eigenvalue weighted by molar-refractivity contribution is 7.09. The fourth-order valence-corrected chi connectivity index (χ4v) is 3.25. The van der Waals surface area contributed by atoms with Gasteiger partial charge in [0.2, 0.25) is 5.95 Å². The minimum atomic E-state index is -0.992. The molecule has 8 nitrogen and oxygen atoms in total. The second-order valence-corrected chi connectivity index (χ2v) is 6.55. The summed E-state index contributed by atoms with van der Waals surface area (Å²) in [5.41, 5.74) is 1.09. The lowest BCUT2D eigenvalue weighted by molar-refractivity contribution is 0.0691. The summed E-state index contributed by atoms with van der Waals surface area (Å²) in [6.45, 7) is 5.68. The van der Waals surface area contributed by atoms with Gasteiger partial charge in [-0.25, -0.2) is 14.8 Å². The van der Waals surface area contributed by atoms with Crippen LogP contribution in [0.1, 0.15) is 28.1 Å². The van der Waals surface area contributed by atoms with Crippen LogP contribution in [0.2, 0.25) is 0 Å². The second-order valence-electron chi connectivity index (χ2n) is 5.61. The van der Waals surface area contributed by atoms with E-state index in [1.807, 2.05) is 6.07 Å². The molecule has 2 aromatic rings. The van der Waals surface area contributed by atoms with Crippen molar-refractivity contribution >= 4 is 29.1 Å². The number of aromatic carboxylic acids is 1. The molecule has 0 unspecified atom stereocenters. The van der Waals surface area contributed by atoms with Gasteiger partial charge in [0.1, 0.15) is 5.82 Å². The van der Waals surface area contributed by atoms with Crippen molar-refractivity contribution in [2.45, 2.75) is 19.8 Å². The number of aryl methyl sites for hydroxylation is 1. The molecule has 0 amide bonds. The quantitative estimate of drug-likeness (QED) is 0.766. The van der Waals surface area contributed by atoms with Crippen LogP contribution >= 0.6 is 11.3 Å². The van der Waals surface area contributed by atoms with Crippen LogP contribution in [0.4, 0.5) is 11.8 Å². The van der Waals surface area contributed by atoms with E-state index < -0.39 is 5.97 Å². The predicted molar refractivity (Wildman–Crippen MR) is 95.7 cm³/mol. The van der Waals surface area contributed by atoms with Gasteiger partial charge in [-0.3, -0.25) is 0 Å². The molecule has 0 radical (unpaired) electrons. The molecular weight excluding hydrogens is 342 g/mol. The van der Waals surface area contributed by atoms with E-state index >= 15 is 0 Å². The number of carboxylic acids is 1. The molecule has 0 saturated carbocycles. The third kappa shape index (κ3) is 4.64. The number of nitrogens with zero attached hydrogens (tertiary/aromatic N) is 4. The largest absolute Gasteiger partial charge is 0.476 e. The molecule has 1 fully saturated rings. The maximum absolute atomic E-state index is 10.9. The summed E-state index contributed by atoms with van der Waals surface area (Å²) in [6.07, 6.45) is 1.49. The van der Waals surface area contributed by atoms with Crippen molar-refractivity contribution in [2.24, 2.45) is 0 Å². The molecular formula is C16H21N5O3S. The van der Waals surface area contributed by atoms with E-state index in [2.05, 4.69) is 32.1 Å². The lowest BCUT2D eigenvalue weighted by Crippen LogP contribution is -2.37. The van der Waals surface area contributed by atoms with Crippen LogP contribution in [0.15, 0.2) is 11.4 Å². The molecule has 1 aliphatic rings. The SMILES string of the molecule is CCc1cc(NCCc2nc(C(=O)O)cs2)nc(N2CCOCC2)n1. The number of hydrogen-bond donors (Lipinski definition) is 2. The van der Waals surface area contributed by atoms with Crippen molar-refractivity contribution in [1.29, 1.82) is 0 Å². The number of anilines is 2. The minimum Gasteiger partial charge on any atom is -0.476 e. The topological polar surface area (TPSA) is 100 Å². The molecule has 3 heterocycles. The number of ether oxygens (including phenoxy) is 1. The van der Waals surface area contributed by atoms with Crippen molar-refractivity contribution in [1.82, 2.24) is 15.0 Å². The molecule has 2 N–H and O–H groups in total. The standard InChI is InChI=1S/C16H21N5O3S/c1-2-11-9-13(20-16(18-11)21-5-7-24-8-6-21)17-4-3-14-19-12(10-25-14)15(22)23/h9-10H,2-8H2,1H3,(H,22,23)(H,17,18,20). The number of rotatable bonds is 7. The molecule has 1 saturated heterocycles. The number of carbonyl (C=O) groups is 1. The van der Waals surface area contributed by atoms with Crippen molar-refractivity contribution in [2.75, 3.05) is 43.1 Å². The summed E-state index contributed by atoms with van der Waals surface area (Å²) in [7, 11) is 0. The molecule has 0 bridgehead atoms.